The number of H-pyrrole nitrogens is 1. The fraction of sp³-hybridized carbons (Fsp3) is 0.0625. The summed E-state index contributed by atoms with van der Waals surface area (Å²) in [5.41, 5.74) is 8.64. The van der Waals surface area contributed by atoms with Crippen LogP contribution >= 0.6 is 31.9 Å². The van der Waals surface area contributed by atoms with Crippen LogP contribution in [0.4, 0.5) is 5.82 Å². The van der Waals surface area contributed by atoms with Crippen LogP contribution in [-0.2, 0) is 0 Å². The van der Waals surface area contributed by atoms with Gasteiger partial charge in [0.25, 0.3) is 0 Å². The van der Waals surface area contributed by atoms with E-state index in [1.807, 2.05) is 18.2 Å². The Morgan fingerprint density at radius 2 is 1.49 bits per heavy atom. The highest BCUT2D eigenvalue weighted by atomic mass is 79.9. The zero-order chi connectivity index (χ0) is 25.2. The SMILES string of the molecule is Brc1ccc(C2=NC(=Nc3[nH]c(-c4ccc(Br)cc4)cc3-c3ccccc3)C(C3=CC=CCC3)=C2)cc1. The number of amidine groups is 1. The number of nitrogens with one attached hydrogen (secondary N) is 1. The first kappa shape index (κ1) is 23.8. The number of hydrogen-bond donors (Lipinski definition) is 1. The number of aromatic amines is 1. The van der Waals surface area contributed by atoms with Crippen LogP contribution in [0.5, 0.6) is 0 Å². The maximum absolute atomic E-state index is 5.17. The lowest BCUT2D eigenvalue weighted by Crippen LogP contribution is -2.01. The molecule has 5 heteroatoms. The molecule has 2 heterocycles. The molecule has 0 bridgehead atoms. The number of allylic oxidation sites excluding steroid dienone is 4. The van der Waals surface area contributed by atoms with Crippen molar-refractivity contribution in [2.45, 2.75) is 12.8 Å². The number of rotatable bonds is 5. The van der Waals surface area contributed by atoms with Crippen LogP contribution in [0.2, 0.25) is 0 Å². The van der Waals surface area contributed by atoms with Gasteiger partial charge in [-0.25, -0.2) is 9.98 Å². The highest BCUT2D eigenvalue weighted by Gasteiger charge is 2.22. The number of hydrogen-bond acceptors (Lipinski definition) is 1. The first-order valence-electron chi connectivity index (χ1n) is 12.2. The van der Waals surface area contributed by atoms with E-state index in [9.17, 15) is 0 Å². The summed E-state index contributed by atoms with van der Waals surface area (Å²) in [6.07, 6.45) is 10.7. The maximum atomic E-state index is 5.17. The van der Waals surface area contributed by atoms with Gasteiger partial charge >= 0.3 is 0 Å². The average Bonchev–Trinajstić information content (AvgIpc) is 3.56. The summed E-state index contributed by atoms with van der Waals surface area (Å²) in [6.45, 7) is 0. The number of aromatic nitrogens is 1. The van der Waals surface area contributed by atoms with Gasteiger partial charge in [-0.15, -0.1) is 0 Å². The third-order valence-corrected chi connectivity index (χ3v) is 7.56. The first-order valence-corrected chi connectivity index (χ1v) is 13.8. The molecule has 4 aromatic rings. The summed E-state index contributed by atoms with van der Waals surface area (Å²) in [7, 11) is 0. The minimum absolute atomic E-state index is 0.737. The van der Waals surface area contributed by atoms with E-state index in [-0.39, 0.29) is 0 Å². The minimum atomic E-state index is 0.737. The van der Waals surface area contributed by atoms with E-state index in [1.54, 1.807) is 0 Å². The Morgan fingerprint density at radius 3 is 2.16 bits per heavy atom. The Morgan fingerprint density at radius 1 is 0.784 bits per heavy atom. The van der Waals surface area contributed by atoms with Crippen LogP contribution < -0.4 is 0 Å². The van der Waals surface area contributed by atoms with Gasteiger partial charge in [0.05, 0.1) is 5.71 Å². The second-order valence-electron chi connectivity index (χ2n) is 8.97. The van der Waals surface area contributed by atoms with Gasteiger partial charge in [-0.05, 0) is 65.9 Å². The summed E-state index contributed by atoms with van der Waals surface area (Å²) in [4.78, 5) is 13.8. The molecule has 0 unspecified atom stereocenters. The van der Waals surface area contributed by atoms with Crippen molar-refractivity contribution < 1.29 is 0 Å². The molecule has 0 saturated heterocycles. The van der Waals surface area contributed by atoms with Crippen molar-refractivity contribution in [1.29, 1.82) is 0 Å². The maximum Gasteiger partial charge on any atom is 0.162 e. The van der Waals surface area contributed by atoms with E-state index >= 15 is 0 Å². The van der Waals surface area contributed by atoms with Crippen LogP contribution in [0.15, 0.2) is 139 Å². The molecule has 2 aliphatic rings. The van der Waals surface area contributed by atoms with Gasteiger partial charge in [-0.1, -0.05) is 105 Å². The summed E-state index contributed by atoms with van der Waals surface area (Å²) in [6, 6.07) is 29.2. The molecule has 3 aromatic carbocycles. The van der Waals surface area contributed by atoms with Crippen molar-refractivity contribution in [1.82, 2.24) is 4.98 Å². The second kappa shape index (κ2) is 10.4. The lowest BCUT2D eigenvalue weighted by Gasteiger charge is -2.10. The predicted octanol–water partition coefficient (Wildman–Crippen LogP) is 9.61. The molecule has 1 aromatic heterocycles. The van der Waals surface area contributed by atoms with Crippen LogP contribution in [0, 0.1) is 0 Å². The van der Waals surface area contributed by atoms with Gasteiger partial charge in [0.15, 0.2) is 5.84 Å². The zero-order valence-corrected chi connectivity index (χ0v) is 23.1. The third kappa shape index (κ3) is 5.15. The molecule has 0 saturated carbocycles. The largest absolute Gasteiger partial charge is 0.339 e. The van der Waals surface area contributed by atoms with Gasteiger partial charge in [-0.3, -0.25) is 0 Å². The minimum Gasteiger partial charge on any atom is -0.339 e. The molecule has 1 aliphatic carbocycles. The lowest BCUT2D eigenvalue weighted by atomic mass is 9.96. The van der Waals surface area contributed by atoms with Crippen LogP contribution in [0.25, 0.3) is 22.4 Å². The molecule has 0 spiro atoms. The Labute approximate surface area is 233 Å². The van der Waals surface area contributed by atoms with Gasteiger partial charge in [0, 0.05) is 31.3 Å². The molecule has 180 valence electrons. The number of benzene rings is 3. The summed E-state index contributed by atoms with van der Waals surface area (Å²) in [5.74, 6) is 1.54. The molecule has 0 fully saturated rings. The highest BCUT2D eigenvalue weighted by Crippen LogP contribution is 2.37. The van der Waals surface area contributed by atoms with Crippen molar-refractivity contribution in [2.75, 3.05) is 0 Å². The van der Waals surface area contributed by atoms with Crippen LogP contribution in [0.1, 0.15) is 18.4 Å². The Kier molecular flexibility index (Phi) is 6.73. The smallest absolute Gasteiger partial charge is 0.162 e. The number of aliphatic imine (C=N–C) groups is 2. The van der Waals surface area contributed by atoms with Gasteiger partial charge in [-0.2, -0.15) is 0 Å². The van der Waals surface area contributed by atoms with E-state index < -0.39 is 0 Å². The van der Waals surface area contributed by atoms with Crippen LogP contribution in [0.3, 0.4) is 0 Å². The number of nitrogens with zero attached hydrogens (tertiary/aromatic N) is 2. The van der Waals surface area contributed by atoms with E-state index in [0.717, 1.165) is 72.7 Å². The highest BCUT2D eigenvalue weighted by molar-refractivity contribution is 9.10. The zero-order valence-electron chi connectivity index (χ0n) is 20.0. The van der Waals surface area contributed by atoms with Crippen LogP contribution in [-0.4, -0.2) is 16.5 Å². The quantitative estimate of drug-likeness (QED) is 0.234. The second-order valence-corrected chi connectivity index (χ2v) is 10.8. The van der Waals surface area contributed by atoms with E-state index in [2.05, 4.69) is 128 Å². The van der Waals surface area contributed by atoms with Crippen molar-refractivity contribution >= 4 is 49.2 Å². The van der Waals surface area contributed by atoms with E-state index in [1.165, 1.54) is 5.57 Å². The van der Waals surface area contributed by atoms with Crippen molar-refractivity contribution in [2.24, 2.45) is 9.98 Å². The van der Waals surface area contributed by atoms with Gasteiger partial charge < -0.3 is 4.98 Å². The summed E-state index contributed by atoms with van der Waals surface area (Å²) < 4.78 is 2.10. The first-order chi connectivity index (χ1) is 18.1. The standard InChI is InChI=1S/C32H23Br2N3/c33-25-15-11-23(12-16-25)29-19-27(21-7-3-1-4-8-21)31(35-29)37-32-28(22-9-5-2-6-10-22)20-30(36-32)24-13-17-26(34)18-14-24/h1-5,7-9,11-20,35H,6,10H2. The Bertz CT molecular complexity index is 1600. The summed E-state index contributed by atoms with van der Waals surface area (Å²) >= 11 is 7.08. The van der Waals surface area contributed by atoms with E-state index in [4.69, 9.17) is 9.98 Å². The Balaban J connectivity index is 1.49. The van der Waals surface area contributed by atoms with Crippen molar-refractivity contribution in [3.8, 4) is 22.4 Å². The lowest BCUT2D eigenvalue weighted by molar-refractivity contribution is 0.982. The third-order valence-electron chi connectivity index (χ3n) is 6.50. The fourth-order valence-corrected chi connectivity index (χ4v) is 5.11. The van der Waals surface area contributed by atoms with Crippen molar-refractivity contribution in [3.63, 3.8) is 0 Å². The molecular formula is C32H23Br2N3. The molecule has 1 aliphatic heterocycles. The van der Waals surface area contributed by atoms with Crippen molar-refractivity contribution in [3.05, 3.63) is 135 Å². The normalized spacial score (nSPS) is 16.1. The molecule has 3 nitrogen and oxygen atoms in total. The number of halogens is 2. The van der Waals surface area contributed by atoms with E-state index in [0.29, 0.717) is 0 Å². The predicted molar refractivity (Wildman–Crippen MR) is 162 cm³/mol. The topological polar surface area (TPSA) is 40.5 Å². The monoisotopic (exact) mass is 607 g/mol. The molecule has 37 heavy (non-hydrogen) atoms. The molecular weight excluding hydrogens is 586 g/mol. The molecule has 0 amide bonds. The van der Waals surface area contributed by atoms with Gasteiger partial charge in [0.2, 0.25) is 0 Å². The molecule has 0 radical (unpaired) electrons. The fourth-order valence-electron chi connectivity index (χ4n) is 4.59. The average molecular weight is 609 g/mol. The molecule has 1 N–H and O–H groups in total. The molecule has 6 rings (SSSR count). The summed E-state index contributed by atoms with van der Waals surface area (Å²) in [5, 5.41) is 0. The van der Waals surface area contributed by atoms with Gasteiger partial charge in [0.1, 0.15) is 5.82 Å². The molecule has 0 atom stereocenters. The Hall–Kier alpha value is -3.54.